The molecule has 0 N–H and O–H groups in total. The summed E-state index contributed by atoms with van der Waals surface area (Å²) in [5, 5.41) is 1.70. The van der Waals surface area contributed by atoms with Crippen LogP contribution in [0.1, 0.15) is 23.3 Å². The number of benzene rings is 3. The van der Waals surface area contributed by atoms with E-state index in [0.29, 0.717) is 0 Å². The molecule has 22 heavy (non-hydrogen) atoms. The third-order valence-corrected chi connectivity index (χ3v) is 6.07. The van der Waals surface area contributed by atoms with E-state index in [-0.39, 0.29) is 5.75 Å². The molecule has 0 aliphatic carbocycles. The Kier molecular flexibility index (Phi) is 3.99. The highest BCUT2D eigenvalue weighted by atomic mass is 32.2. The lowest BCUT2D eigenvalue weighted by atomic mass is 10.1. The van der Waals surface area contributed by atoms with Crippen molar-refractivity contribution in [2.75, 3.05) is 0 Å². The van der Waals surface area contributed by atoms with Crippen LogP contribution < -0.4 is 0 Å². The monoisotopic (exact) mass is 310 g/mol. The van der Waals surface area contributed by atoms with Crippen LogP contribution in [0.15, 0.2) is 72.8 Å². The quantitative estimate of drug-likeness (QED) is 0.710. The van der Waals surface area contributed by atoms with Crippen LogP contribution in [0.25, 0.3) is 10.8 Å². The van der Waals surface area contributed by atoms with Crippen LogP contribution >= 0.6 is 0 Å². The van der Waals surface area contributed by atoms with Gasteiger partial charge in [0.2, 0.25) is 0 Å². The molecule has 0 heterocycles. The molecule has 0 bridgehead atoms. The fourth-order valence-electron chi connectivity index (χ4n) is 2.62. The number of rotatable bonds is 4. The summed E-state index contributed by atoms with van der Waals surface area (Å²) in [4.78, 5) is 0. The van der Waals surface area contributed by atoms with Gasteiger partial charge < -0.3 is 0 Å². The van der Waals surface area contributed by atoms with Crippen molar-refractivity contribution in [3.63, 3.8) is 0 Å². The summed E-state index contributed by atoms with van der Waals surface area (Å²) >= 11 is 0. The first-order valence-electron chi connectivity index (χ1n) is 7.30. The lowest BCUT2D eigenvalue weighted by Gasteiger charge is -2.13. The first-order chi connectivity index (χ1) is 10.6. The van der Waals surface area contributed by atoms with Crippen LogP contribution in [0.4, 0.5) is 0 Å². The van der Waals surface area contributed by atoms with Crippen LogP contribution in [0.5, 0.6) is 0 Å². The molecule has 1 atom stereocenters. The van der Waals surface area contributed by atoms with Crippen molar-refractivity contribution in [2.45, 2.75) is 17.9 Å². The predicted molar refractivity (Wildman–Crippen MR) is 91.4 cm³/mol. The van der Waals surface area contributed by atoms with Gasteiger partial charge in [0, 0.05) is 0 Å². The Labute approximate surface area is 131 Å². The molecule has 0 aliphatic rings. The molecule has 2 nitrogen and oxygen atoms in total. The Morgan fingerprint density at radius 3 is 2.18 bits per heavy atom. The highest BCUT2D eigenvalue weighted by Gasteiger charge is 2.22. The largest absolute Gasteiger partial charge is 0.228 e. The minimum absolute atomic E-state index is 0.0634. The summed E-state index contributed by atoms with van der Waals surface area (Å²) in [6, 6.07) is 23.2. The molecule has 0 saturated heterocycles. The average Bonchev–Trinajstić information content (AvgIpc) is 2.54. The van der Waals surface area contributed by atoms with Gasteiger partial charge >= 0.3 is 0 Å². The summed E-state index contributed by atoms with van der Waals surface area (Å²) < 4.78 is 25.3. The van der Waals surface area contributed by atoms with E-state index in [0.717, 1.165) is 21.9 Å². The number of fused-ring (bicyclic) bond motifs is 1. The molecular formula is C19H18O2S. The van der Waals surface area contributed by atoms with Gasteiger partial charge in [-0.3, -0.25) is 0 Å². The van der Waals surface area contributed by atoms with Gasteiger partial charge in [0.25, 0.3) is 0 Å². The van der Waals surface area contributed by atoms with Crippen molar-refractivity contribution in [1.82, 2.24) is 0 Å². The van der Waals surface area contributed by atoms with Gasteiger partial charge in [-0.05, 0) is 28.8 Å². The zero-order valence-corrected chi connectivity index (χ0v) is 13.3. The standard InChI is InChI=1S/C19H18O2S/c1-15(17-7-3-2-4-8-17)22(20,21)14-16-11-12-18-9-5-6-10-19(18)13-16/h2-13,15H,14H2,1H3. The summed E-state index contributed by atoms with van der Waals surface area (Å²) in [6.45, 7) is 1.76. The van der Waals surface area contributed by atoms with Gasteiger partial charge in [-0.25, -0.2) is 8.42 Å². The molecule has 0 aromatic heterocycles. The molecule has 0 amide bonds. The van der Waals surface area contributed by atoms with E-state index in [1.165, 1.54) is 0 Å². The second kappa shape index (κ2) is 5.93. The van der Waals surface area contributed by atoms with Gasteiger partial charge in [0.15, 0.2) is 9.84 Å². The lowest BCUT2D eigenvalue weighted by molar-refractivity contribution is 0.585. The van der Waals surface area contributed by atoms with Gasteiger partial charge in [0.05, 0.1) is 11.0 Å². The number of hydrogen-bond acceptors (Lipinski definition) is 2. The zero-order chi connectivity index (χ0) is 15.6. The van der Waals surface area contributed by atoms with Crippen molar-refractivity contribution < 1.29 is 8.42 Å². The highest BCUT2D eigenvalue weighted by molar-refractivity contribution is 7.90. The molecule has 1 unspecified atom stereocenters. The molecule has 0 radical (unpaired) electrons. The summed E-state index contributed by atoms with van der Waals surface area (Å²) in [7, 11) is -3.24. The topological polar surface area (TPSA) is 34.1 Å². The van der Waals surface area contributed by atoms with Crippen LogP contribution in [0.2, 0.25) is 0 Å². The Hall–Kier alpha value is -2.13. The molecule has 0 saturated carbocycles. The normalized spacial score (nSPS) is 13.1. The maximum Gasteiger partial charge on any atom is 0.161 e. The smallest absolute Gasteiger partial charge is 0.161 e. The van der Waals surface area contributed by atoms with Crippen molar-refractivity contribution >= 4 is 20.6 Å². The molecule has 112 valence electrons. The Morgan fingerprint density at radius 1 is 0.818 bits per heavy atom. The second-order valence-electron chi connectivity index (χ2n) is 5.54. The van der Waals surface area contributed by atoms with Gasteiger partial charge in [0.1, 0.15) is 0 Å². The van der Waals surface area contributed by atoms with Crippen molar-refractivity contribution in [1.29, 1.82) is 0 Å². The molecule has 0 spiro atoms. The predicted octanol–water partition coefficient (Wildman–Crippen LogP) is 4.52. The second-order valence-corrected chi connectivity index (χ2v) is 7.86. The van der Waals surface area contributed by atoms with Gasteiger partial charge in [-0.2, -0.15) is 0 Å². The number of sulfone groups is 1. The molecule has 3 aromatic rings. The molecule has 3 rings (SSSR count). The van der Waals surface area contributed by atoms with Gasteiger partial charge in [-0.15, -0.1) is 0 Å². The van der Waals surface area contributed by atoms with E-state index < -0.39 is 15.1 Å². The van der Waals surface area contributed by atoms with Crippen LogP contribution in [0.3, 0.4) is 0 Å². The lowest BCUT2D eigenvalue weighted by Crippen LogP contribution is -2.12. The van der Waals surface area contributed by atoms with Crippen molar-refractivity contribution in [3.05, 3.63) is 83.9 Å². The van der Waals surface area contributed by atoms with E-state index in [1.807, 2.05) is 72.8 Å². The van der Waals surface area contributed by atoms with E-state index in [4.69, 9.17) is 0 Å². The van der Waals surface area contributed by atoms with Crippen LogP contribution in [0, 0.1) is 0 Å². The SMILES string of the molecule is CC(c1ccccc1)S(=O)(=O)Cc1ccc2ccccc2c1. The Balaban J connectivity index is 1.89. The molecule has 0 aliphatic heterocycles. The fourth-order valence-corrected chi connectivity index (χ4v) is 4.08. The molecule has 3 aromatic carbocycles. The first-order valence-corrected chi connectivity index (χ1v) is 9.02. The Bertz CT molecular complexity index is 883. The minimum Gasteiger partial charge on any atom is -0.228 e. The third kappa shape index (κ3) is 3.04. The maximum atomic E-state index is 12.6. The van der Waals surface area contributed by atoms with Crippen molar-refractivity contribution in [2.24, 2.45) is 0 Å². The number of hydrogen-bond donors (Lipinski definition) is 0. The van der Waals surface area contributed by atoms with E-state index >= 15 is 0 Å². The summed E-state index contributed by atoms with van der Waals surface area (Å²) in [6.07, 6.45) is 0. The maximum absolute atomic E-state index is 12.6. The first kappa shape index (κ1) is 14.8. The molecule has 3 heteroatoms. The minimum atomic E-state index is -3.24. The van der Waals surface area contributed by atoms with Gasteiger partial charge in [-0.1, -0.05) is 72.8 Å². The zero-order valence-electron chi connectivity index (χ0n) is 12.4. The molecule has 0 fully saturated rings. The highest BCUT2D eigenvalue weighted by Crippen LogP contribution is 2.26. The third-order valence-electron chi connectivity index (χ3n) is 3.99. The summed E-state index contributed by atoms with van der Waals surface area (Å²) in [5.41, 5.74) is 1.67. The van der Waals surface area contributed by atoms with E-state index in [2.05, 4.69) is 0 Å². The van der Waals surface area contributed by atoms with Crippen LogP contribution in [-0.4, -0.2) is 8.42 Å². The fraction of sp³-hybridized carbons (Fsp3) is 0.158. The van der Waals surface area contributed by atoms with E-state index in [1.54, 1.807) is 6.92 Å². The average molecular weight is 310 g/mol. The van der Waals surface area contributed by atoms with Crippen molar-refractivity contribution in [3.8, 4) is 0 Å². The summed E-state index contributed by atoms with van der Waals surface area (Å²) in [5.74, 6) is 0.0634. The molecular weight excluding hydrogens is 292 g/mol. The van der Waals surface area contributed by atoms with Crippen LogP contribution in [-0.2, 0) is 15.6 Å². The Morgan fingerprint density at radius 2 is 1.45 bits per heavy atom. The van der Waals surface area contributed by atoms with E-state index in [9.17, 15) is 8.42 Å².